The van der Waals surface area contributed by atoms with Gasteiger partial charge in [0.15, 0.2) is 5.65 Å². The molecule has 10 heavy (non-hydrogen) atoms. The number of tetrazole rings is 1. The highest BCUT2D eigenvalue weighted by Gasteiger charge is 1.97. The largest absolute Gasteiger partial charge is 0.368 e. The number of aromatic nitrogens is 5. The van der Waals surface area contributed by atoms with E-state index >= 15 is 0 Å². The lowest BCUT2D eigenvalue weighted by molar-refractivity contribution is 0.819. The summed E-state index contributed by atoms with van der Waals surface area (Å²) in [5, 5.41) is 10.7. The number of rotatable bonds is 0. The summed E-state index contributed by atoms with van der Waals surface area (Å²) in [5.74, 6) is 0.294. The number of anilines is 1. The molecule has 0 spiro atoms. The first-order chi connectivity index (χ1) is 4.88. The maximum absolute atomic E-state index is 5.41. The first-order valence-electron chi connectivity index (χ1n) is 2.66. The van der Waals surface area contributed by atoms with Crippen LogP contribution in [0.1, 0.15) is 0 Å². The van der Waals surface area contributed by atoms with Gasteiger partial charge in [0.05, 0.1) is 0 Å². The van der Waals surface area contributed by atoms with Gasteiger partial charge in [-0.05, 0) is 10.4 Å². The molecule has 2 heterocycles. The molecule has 0 aromatic carbocycles. The van der Waals surface area contributed by atoms with Crippen LogP contribution in [0.15, 0.2) is 12.3 Å². The van der Waals surface area contributed by atoms with E-state index in [1.54, 1.807) is 12.3 Å². The van der Waals surface area contributed by atoms with E-state index in [4.69, 9.17) is 5.73 Å². The monoisotopic (exact) mass is 136 g/mol. The molecule has 0 fully saturated rings. The fourth-order valence-electron chi connectivity index (χ4n) is 0.696. The minimum absolute atomic E-state index is 0.294. The van der Waals surface area contributed by atoms with E-state index in [2.05, 4.69) is 20.5 Å². The van der Waals surface area contributed by atoms with Gasteiger partial charge in [0, 0.05) is 12.3 Å². The third kappa shape index (κ3) is 0.524. The van der Waals surface area contributed by atoms with Crippen LogP contribution in [0.3, 0.4) is 0 Å². The van der Waals surface area contributed by atoms with Crippen LogP contribution in [0, 0.1) is 0 Å². The van der Waals surface area contributed by atoms with Crippen molar-refractivity contribution in [2.24, 2.45) is 0 Å². The molecule has 0 unspecified atom stereocenters. The minimum Gasteiger partial charge on any atom is -0.368 e. The highest BCUT2D eigenvalue weighted by molar-refractivity contribution is 5.38. The first kappa shape index (κ1) is 5.10. The maximum atomic E-state index is 5.41. The van der Waals surface area contributed by atoms with Crippen molar-refractivity contribution in [2.45, 2.75) is 0 Å². The summed E-state index contributed by atoms with van der Waals surface area (Å²) in [4.78, 5) is 3.78. The lowest BCUT2D eigenvalue weighted by Crippen LogP contribution is -2.00. The average molecular weight is 136 g/mol. The molecule has 2 aromatic rings. The van der Waals surface area contributed by atoms with Gasteiger partial charge in [-0.2, -0.15) is 4.52 Å². The van der Waals surface area contributed by atoms with Crippen molar-refractivity contribution in [1.82, 2.24) is 25.0 Å². The van der Waals surface area contributed by atoms with Crippen LogP contribution in [-0.4, -0.2) is 25.0 Å². The van der Waals surface area contributed by atoms with Crippen LogP contribution in [-0.2, 0) is 0 Å². The quantitative estimate of drug-likeness (QED) is 0.507. The molecule has 0 aliphatic carbocycles. The first-order valence-corrected chi connectivity index (χ1v) is 2.66. The van der Waals surface area contributed by atoms with Crippen molar-refractivity contribution < 1.29 is 0 Å². The molecule has 0 saturated heterocycles. The summed E-state index contributed by atoms with van der Waals surface area (Å²) in [6.07, 6.45) is 1.56. The van der Waals surface area contributed by atoms with Crippen LogP contribution in [0.25, 0.3) is 5.65 Å². The summed E-state index contributed by atoms with van der Waals surface area (Å²) in [6, 6.07) is 1.68. The van der Waals surface area contributed by atoms with Crippen molar-refractivity contribution in [3.63, 3.8) is 0 Å². The van der Waals surface area contributed by atoms with Crippen molar-refractivity contribution in [3.8, 4) is 0 Å². The second-order valence-corrected chi connectivity index (χ2v) is 1.75. The Kier molecular flexibility index (Phi) is 0.830. The molecule has 0 atom stereocenters. The Labute approximate surface area is 55.7 Å². The molecule has 50 valence electrons. The molecule has 0 radical (unpaired) electrons. The summed E-state index contributed by atoms with van der Waals surface area (Å²) < 4.78 is 1.36. The number of nitrogens with two attached hydrogens (primary N) is 1. The number of hydrogen-bond acceptors (Lipinski definition) is 5. The zero-order chi connectivity index (χ0) is 6.97. The van der Waals surface area contributed by atoms with Gasteiger partial charge in [-0.25, -0.2) is 4.98 Å². The molecule has 0 saturated carbocycles. The van der Waals surface area contributed by atoms with Gasteiger partial charge in [0.1, 0.15) is 0 Å². The smallest absolute Gasteiger partial charge is 0.224 e. The van der Waals surface area contributed by atoms with Crippen LogP contribution < -0.4 is 5.73 Å². The van der Waals surface area contributed by atoms with E-state index in [1.807, 2.05) is 0 Å². The van der Waals surface area contributed by atoms with E-state index in [-0.39, 0.29) is 0 Å². The highest BCUT2D eigenvalue weighted by Crippen LogP contribution is 1.97. The topological polar surface area (TPSA) is 82.0 Å². The predicted octanol–water partition coefficient (Wildman–Crippen LogP) is -0.899. The van der Waals surface area contributed by atoms with E-state index < -0.39 is 0 Å². The lowest BCUT2D eigenvalue weighted by atomic mass is 10.6. The molecule has 0 aliphatic heterocycles. The van der Waals surface area contributed by atoms with Gasteiger partial charge in [-0.1, -0.05) is 0 Å². The van der Waals surface area contributed by atoms with Crippen LogP contribution >= 0.6 is 0 Å². The number of hydrogen-bond donors (Lipinski definition) is 1. The van der Waals surface area contributed by atoms with Gasteiger partial charge in [0.2, 0.25) is 5.95 Å². The van der Waals surface area contributed by atoms with E-state index in [0.29, 0.717) is 11.6 Å². The molecule has 6 nitrogen and oxygen atoms in total. The second-order valence-electron chi connectivity index (χ2n) is 1.75. The van der Waals surface area contributed by atoms with Gasteiger partial charge in [0.25, 0.3) is 0 Å². The van der Waals surface area contributed by atoms with E-state index in [1.165, 1.54) is 4.52 Å². The Morgan fingerprint density at radius 3 is 3.20 bits per heavy atom. The minimum atomic E-state index is 0.294. The molecular formula is C4H4N6. The van der Waals surface area contributed by atoms with Gasteiger partial charge < -0.3 is 5.73 Å². The molecule has 2 rings (SSSR count). The fraction of sp³-hybridized carbons (Fsp3) is 0. The Morgan fingerprint density at radius 2 is 2.40 bits per heavy atom. The number of nitrogens with zero attached hydrogens (tertiary/aromatic N) is 5. The van der Waals surface area contributed by atoms with Crippen molar-refractivity contribution in [3.05, 3.63) is 12.3 Å². The Morgan fingerprint density at radius 1 is 1.50 bits per heavy atom. The van der Waals surface area contributed by atoms with Gasteiger partial charge in [-0.15, -0.1) is 5.10 Å². The highest BCUT2D eigenvalue weighted by atomic mass is 15.5. The van der Waals surface area contributed by atoms with Crippen LogP contribution in [0.5, 0.6) is 0 Å². The van der Waals surface area contributed by atoms with E-state index in [9.17, 15) is 0 Å². The third-order valence-corrected chi connectivity index (χ3v) is 1.14. The Bertz CT molecular complexity index is 351. The average Bonchev–Trinajstić information content (AvgIpc) is 2.36. The summed E-state index contributed by atoms with van der Waals surface area (Å²) in [5.41, 5.74) is 6.01. The molecule has 2 N–H and O–H groups in total. The number of nitrogen functional groups attached to an aromatic ring is 1. The maximum Gasteiger partial charge on any atom is 0.224 e. The van der Waals surface area contributed by atoms with Crippen molar-refractivity contribution >= 4 is 11.6 Å². The zero-order valence-electron chi connectivity index (χ0n) is 4.97. The van der Waals surface area contributed by atoms with Crippen LogP contribution in [0.2, 0.25) is 0 Å². The fourth-order valence-corrected chi connectivity index (χ4v) is 0.696. The summed E-state index contributed by atoms with van der Waals surface area (Å²) in [7, 11) is 0. The number of fused-ring (bicyclic) bond motifs is 1. The third-order valence-electron chi connectivity index (χ3n) is 1.14. The Hall–Kier alpha value is -1.72. The molecule has 2 aromatic heterocycles. The van der Waals surface area contributed by atoms with Crippen molar-refractivity contribution in [2.75, 3.05) is 5.73 Å². The normalized spacial score (nSPS) is 10.4. The van der Waals surface area contributed by atoms with Gasteiger partial charge >= 0.3 is 0 Å². The molecule has 0 amide bonds. The molecule has 6 heteroatoms. The van der Waals surface area contributed by atoms with Crippen LogP contribution in [0.4, 0.5) is 5.95 Å². The summed E-state index contributed by atoms with van der Waals surface area (Å²) >= 11 is 0. The second kappa shape index (κ2) is 1.63. The van der Waals surface area contributed by atoms with Crippen molar-refractivity contribution in [1.29, 1.82) is 0 Å². The van der Waals surface area contributed by atoms with Gasteiger partial charge in [-0.3, -0.25) is 0 Å². The predicted molar refractivity (Wildman–Crippen MR) is 33.0 cm³/mol. The molecular weight excluding hydrogens is 132 g/mol. The zero-order valence-corrected chi connectivity index (χ0v) is 4.97. The Balaban J connectivity index is 2.95. The molecule has 0 bridgehead atoms. The summed E-state index contributed by atoms with van der Waals surface area (Å²) in [6.45, 7) is 0. The lowest BCUT2D eigenvalue weighted by Gasteiger charge is -1.90. The standard InChI is InChI=1S/C4H4N6/c5-4-6-2-1-3-7-8-9-10(3)4/h1-2H,(H2,5,6). The SMILES string of the molecule is Nc1nccc2nnnn12. The molecule has 0 aliphatic rings. The van der Waals surface area contributed by atoms with E-state index in [0.717, 1.165) is 0 Å².